The van der Waals surface area contributed by atoms with Gasteiger partial charge in [0, 0.05) is 11.3 Å². The van der Waals surface area contributed by atoms with Gasteiger partial charge in [0.05, 0.1) is 6.54 Å². The second-order valence-electron chi connectivity index (χ2n) is 6.34. The first-order valence-corrected chi connectivity index (χ1v) is 7.31. The lowest BCUT2D eigenvalue weighted by molar-refractivity contribution is 0.348. The van der Waals surface area contributed by atoms with Crippen LogP contribution in [0.25, 0.3) is 11.4 Å². The summed E-state index contributed by atoms with van der Waals surface area (Å²) in [6, 6.07) is 5.93. The van der Waals surface area contributed by atoms with E-state index in [4.69, 9.17) is 5.73 Å². The summed E-state index contributed by atoms with van der Waals surface area (Å²) in [5, 5.41) is 12.3. The van der Waals surface area contributed by atoms with E-state index in [2.05, 4.69) is 28.5 Å². The fourth-order valence-corrected chi connectivity index (χ4v) is 3.34. The van der Waals surface area contributed by atoms with E-state index in [0.717, 1.165) is 35.1 Å². The Morgan fingerprint density at radius 3 is 2.80 bits per heavy atom. The second kappa shape index (κ2) is 4.04. The van der Waals surface area contributed by atoms with E-state index in [1.807, 2.05) is 16.8 Å². The van der Waals surface area contributed by atoms with Crippen LogP contribution in [-0.4, -0.2) is 20.2 Å². The number of nitrogen functional groups attached to an aromatic ring is 1. The highest BCUT2D eigenvalue weighted by Gasteiger charge is 2.54. The summed E-state index contributed by atoms with van der Waals surface area (Å²) in [6.07, 6.45) is 5.40. The molecule has 2 aliphatic rings. The lowest BCUT2D eigenvalue weighted by Crippen LogP contribution is -2.16. The molecule has 5 nitrogen and oxygen atoms in total. The molecule has 5 heteroatoms. The number of anilines is 1. The highest BCUT2D eigenvalue weighted by molar-refractivity contribution is 5.74. The minimum absolute atomic E-state index is 0.474. The SMILES string of the molecule is Cc1cccc(N)c1-c1nnnn1CC1(C2CC2)CC1. The van der Waals surface area contributed by atoms with Crippen molar-refractivity contribution in [2.45, 2.75) is 39.2 Å². The van der Waals surface area contributed by atoms with Crippen LogP contribution < -0.4 is 5.73 Å². The largest absolute Gasteiger partial charge is 0.398 e. The monoisotopic (exact) mass is 269 g/mol. The molecule has 2 saturated carbocycles. The maximum Gasteiger partial charge on any atom is 0.184 e. The molecule has 1 aromatic heterocycles. The number of aryl methyl sites for hydroxylation is 1. The number of benzene rings is 1. The number of hydrogen-bond donors (Lipinski definition) is 1. The van der Waals surface area contributed by atoms with E-state index in [1.165, 1.54) is 25.7 Å². The van der Waals surface area contributed by atoms with E-state index < -0.39 is 0 Å². The summed E-state index contributed by atoms with van der Waals surface area (Å²) in [5.74, 6) is 1.71. The van der Waals surface area contributed by atoms with Crippen LogP contribution in [-0.2, 0) is 6.54 Å². The van der Waals surface area contributed by atoms with Gasteiger partial charge in [-0.15, -0.1) is 5.10 Å². The molecule has 2 N–H and O–H groups in total. The molecule has 2 aliphatic carbocycles. The molecular weight excluding hydrogens is 250 g/mol. The first kappa shape index (κ1) is 11.9. The van der Waals surface area contributed by atoms with Crippen LogP contribution in [0.2, 0.25) is 0 Å². The van der Waals surface area contributed by atoms with Gasteiger partial charge in [0.2, 0.25) is 0 Å². The third-order valence-corrected chi connectivity index (χ3v) is 4.86. The zero-order chi connectivity index (χ0) is 13.7. The Bertz CT molecular complexity index is 632. The minimum Gasteiger partial charge on any atom is -0.398 e. The van der Waals surface area contributed by atoms with E-state index in [-0.39, 0.29) is 0 Å². The molecule has 2 aromatic rings. The van der Waals surface area contributed by atoms with Crippen LogP contribution in [0.15, 0.2) is 18.2 Å². The molecule has 20 heavy (non-hydrogen) atoms. The lowest BCUT2D eigenvalue weighted by Gasteiger charge is -2.15. The van der Waals surface area contributed by atoms with Crippen LogP contribution >= 0.6 is 0 Å². The molecule has 0 radical (unpaired) electrons. The Kier molecular flexibility index (Phi) is 2.40. The van der Waals surface area contributed by atoms with Gasteiger partial charge < -0.3 is 5.73 Å². The zero-order valence-electron chi connectivity index (χ0n) is 11.7. The topological polar surface area (TPSA) is 69.6 Å². The molecule has 1 aromatic carbocycles. The number of hydrogen-bond acceptors (Lipinski definition) is 4. The predicted octanol–water partition coefficient (Wildman–Crippen LogP) is 2.42. The van der Waals surface area contributed by atoms with Crippen LogP contribution in [0.5, 0.6) is 0 Å². The first-order valence-electron chi connectivity index (χ1n) is 7.31. The summed E-state index contributed by atoms with van der Waals surface area (Å²) < 4.78 is 1.96. The van der Waals surface area contributed by atoms with Crippen molar-refractivity contribution in [2.75, 3.05) is 5.73 Å². The molecule has 0 spiro atoms. The highest BCUT2D eigenvalue weighted by Crippen LogP contribution is 2.62. The Balaban J connectivity index is 1.71. The van der Waals surface area contributed by atoms with Gasteiger partial charge in [-0.2, -0.15) is 0 Å². The van der Waals surface area contributed by atoms with Gasteiger partial charge >= 0.3 is 0 Å². The quantitative estimate of drug-likeness (QED) is 0.865. The molecule has 0 aliphatic heterocycles. The number of aromatic nitrogens is 4. The van der Waals surface area contributed by atoms with Crippen molar-refractivity contribution in [3.05, 3.63) is 23.8 Å². The molecule has 0 atom stereocenters. The van der Waals surface area contributed by atoms with Crippen molar-refractivity contribution in [3.8, 4) is 11.4 Å². The van der Waals surface area contributed by atoms with Gasteiger partial charge in [0.1, 0.15) is 0 Å². The molecule has 4 rings (SSSR count). The van der Waals surface area contributed by atoms with Crippen molar-refractivity contribution in [1.82, 2.24) is 20.2 Å². The third kappa shape index (κ3) is 1.80. The van der Waals surface area contributed by atoms with Crippen molar-refractivity contribution in [2.24, 2.45) is 11.3 Å². The average Bonchev–Trinajstić information content (AvgIpc) is 3.30. The summed E-state index contributed by atoms with van der Waals surface area (Å²) in [7, 11) is 0. The Hall–Kier alpha value is -1.91. The molecule has 0 unspecified atom stereocenters. The van der Waals surface area contributed by atoms with E-state index in [1.54, 1.807) is 0 Å². The van der Waals surface area contributed by atoms with E-state index in [0.29, 0.717) is 5.41 Å². The zero-order valence-corrected chi connectivity index (χ0v) is 11.7. The van der Waals surface area contributed by atoms with Gasteiger partial charge in [-0.25, -0.2) is 4.68 Å². The van der Waals surface area contributed by atoms with Crippen LogP contribution in [0.3, 0.4) is 0 Å². The fraction of sp³-hybridized carbons (Fsp3) is 0.533. The average molecular weight is 269 g/mol. The molecule has 0 saturated heterocycles. The molecular formula is C15H19N5. The van der Waals surface area contributed by atoms with Crippen molar-refractivity contribution in [1.29, 1.82) is 0 Å². The first-order chi connectivity index (χ1) is 9.70. The predicted molar refractivity (Wildman–Crippen MR) is 76.8 cm³/mol. The number of nitrogens with two attached hydrogens (primary N) is 1. The smallest absolute Gasteiger partial charge is 0.184 e. The normalized spacial score (nSPS) is 20.1. The Morgan fingerprint density at radius 2 is 2.15 bits per heavy atom. The highest BCUT2D eigenvalue weighted by atomic mass is 15.5. The van der Waals surface area contributed by atoms with Gasteiger partial charge in [-0.05, 0) is 66.0 Å². The Labute approximate surface area is 118 Å². The van der Waals surface area contributed by atoms with Gasteiger partial charge in [-0.3, -0.25) is 0 Å². The van der Waals surface area contributed by atoms with Crippen LogP contribution in [0.4, 0.5) is 5.69 Å². The number of tetrazole rings is 1. The lowest BCUT2D eigenvalue weighted by atomic mass is 10.0. The molecule has 1 heterocycles. The van der Waals surface area contributed by atoms with Gasteiger partial charge in [-0.1, -0.05) is 12.1 Å². The summed E-state index contributed by atoms with van der Waals surface area (Å²) in [4.78, 5) is 0. The Morgan fingerprint density at radius 1 is 1.35 bits per heavy atom. The van der Waals surface area contributed by atoms with Crippen molar-refractivity contribution < 1.29 is 0 Å². The summed E-state index contributed by atoms with van der Waals surface area (Å²) in [6.45, 7) is 2.99. The fourth-order valence-electron chi connectivity index (χ4n) is 3.34. The number of rotatable bonds is 4. The number of nitrogens with zero attached hydrogens (tertiary/aromatic N) is 4. The summed E-state index contributed by atoms with van der Waals surface area (Å²) in [5.41, 5.74) is 9.44. The molecule has 104 valence electrons. The second-order valence-corrected chi connectivity index (χ2v) is 6.34. The molecule has 0 amide bonds. The molecule has 2 fully saturated rings. The maximum atomic E-state index is 6.12. The van der Waals surface area contributed by atoms with Crippen LogP contribution in [0.1, 0.15) is 31.2 Å². The maximum absolute atomic E-state index is 6.12. The van der Waals surface area contributed by atoms with Crippen molar-refractivity contribution in [3.63, 3.8) is 0 Å². The summed E-state index contributed by atoms with van der Waals surface area (Å²) >= 11 is 0. The van der Waals surface area contributed by atoms with E-state index >= 15 is 0 Å². The minimum atomic E-state index is 0.474. The van der Waals surface area contributed by atoms with Crippen molar-refractivity contribution >= 4 is 5.69 Å². The standard InChI is InChI=1S/C15H19N5/c1-10-3-2-4-12(16)13(10)14-17-18-19-20(14)9-15(7-8-15)11-5-6-11/h2-4,11H,5-9,16H2,1H3. The van der Waals surface area contributed by atoms with E-state index in [9.17, 15) is 0 Å². The van der Waals surface area contributed by atoms with Gasteiger partial charge in [0.15, 0.2) is 5.82 Å². The van der Waals surface area contributed by atoms with Crippen LogP contribution in [0, 0.1) is 18.3 Å². The molecule has 0 bridgehead atoms. The van der Waals surface area contributed by atoms with Gasteiger partial charge in [0.25, 0.3) is 0 Å². The third-order valence-electron chi connectivity index (χ3n) is 4.86.